The van der Waals surface area contributed by atoms with Crippen LogP contribution in [0.5, 0.6) is 5.75 Å². The molecule has 3 aromatic carbocycles. The van der Waals surface area contributed by atoms with E-state index in [4.69, 9.17) is 4.74 Å². The van der Waals surface area contributed by atoms with E-state index in [2.05, 4.69) is 5.32 Å². The maximum Gasteiger partial charge on any atom is 0.258 e. The maximum absolute atomic E-state index is 12.5. The Labute approximate surface area is 174 Å². The van der Waals surface area contributed by atoms with Gasteiger partial charge in [-0.15, -0.1) is 0 Å². The van der Waals surface area contributed by atoms with Gasteiger partial charge >= 0.3 is 0 Å². The molecule has 1 N–H and O–H groups in total. The molecule has 0 aromatic heterocycles. The summed E-state index contributed by atoms with van der Waals surface area (Å²) in [4.78, 5) is 36.9. The SMILES string of the molecule is O=C(COc1ccc(C=C2C(=O)c3ccccc3C2=O)cc1)NCc1ccccc1. The zero-order valence-corrected chi connectivity index (χ0v) is 16.1. The van der Waals surface area contributed by atoms with Crippen LogP contribution in [0.4, 0.5) is 0 Å². The predicted molar refractivity (Wildman–Crippen MR) is 113 cm³/mol. The fourth-order valence-corrected chi connectivity index (χ4v) is 3.23. The van der Waals surface area contributed by atoms with Gasteiger partial charge in [0.2, 0.25) is 0 Å². The van der Waals surface area contributed by atoms with E-state index in [0.717, 1.165) is 5.56 Å². The lowest BCUT2D eigenvalue weighted by Crippen LogP contribution is -2.28. The van der Waals surface area contributed by atoms with Crippen LogP contribution in [0.1, 0.15) is 31.8 Å². The van der Waals surface area contributed by atoms with Gasteiger partial charge in [0.05, 0.1) is 5.57 Å². The summed E-state index contributed by atoms with van der Waals surface area (Å²) < 4.78 is 5.51. The van der Waals surface area contributed by atoms with Gasteiger partial charge in [0.15, 0.2) is 18.2 Å². The highest BCUT2D eigenvalue weighted by molar-refractivity contribution is 6.41. The van der Waals surface area contributed by atoms with Crippen LogP contribution in [0.3, 0.4) is 0 Å². The molecule has 30 heavy (non-hydrogen) atoms. The second-order valence-electron chi connectivity index (χ2n) is 6.88. The molecule has 0 spiro atoms. The number of fused-ring (bicyclic) bond motifs is 1. The van der Waals surface area contributed by atoms with Crippen LogP contribution in [0.15, 0.2) is 84.4 Å². The summed E-state index contributed by atoms with van der Waals surface area (Å²) in [7, 11) is 0. The molecule has 148 valence electrons. The molecular formula is C25H19NO4. The lowest BCUT2D eigenvalue weighted by molar-refractivity contribution is -0.123. The highest BCUT2D eigenvalue weighted by Crippen LogP contribution is 2.28. The molecular weight excluding hydrogens is 378 g/mol. The van der Waals surface area contributed by atoms with E-state index in [9.17, 15) is 14.4 Å². The van der Waals surface area contributed by atoms with E-state index in [1.807, 2.05) is 30.3 Å². The number of carbonyl (C=O) groups is 3. The lowest BCUT2D eigenvalue weighted by atomic mass is 10.1. The summed E-state index contributed by atoms with van der Waals surface area (Å²) in [6.45, 7) is 0.347. The topological polar surface area (TPSA) is 72.5 Å². The molecule has 0 saturated carbocycles. The standard InChI is InChI=1S/C25H19NO4/c27-23(26-15-18-6-2-1-3-7-18)16-30-19-12-10-17(11-13-19)14-22-24(28)20-8-4-5-9-21(20)25(22)29/h1-14H,15-16H2,(H,26,27). The highest BCUT2D eigenvalue weighted by atomic mass is 16.5. The normalized spacial score (nSPS) is 12.5. The minimum Gasteiger partial charge on any atom is -0.484 e. The number of amides is 1. The molecule has 3 aromatic rings. The van der Waals surface area contributed by atoms with Crippen molar-refractivity contribution in [3.8, 4) is 5.75 Å². The molecule has 1 aliphatic rings. The van der Waals surface area contributed by atoms with E-state index in [1.54, 1.807) is 54.6 Å². The van der Waals surface area contributed by atoms with E-state index >= 15 is 0 Å². The number of Topliss-reactive ketones (excluding diaryl/α,β-unsaturated/α-hetero) is 2. The average molecular weight is 397 g/mol. The zero-order valence-electron chi connectivity index (χ0n) is 16.1. The van der Waals surface area contributed by atoms with Gasteiger partial charge in [-0.05, 0) is 29.3 Å². The Morgan fingerprint density at radius 1 is 0.800 bits per heavy atom. The molecule has 5 heteroatoms. The average Bonchev–Trinajstić information content (AvgIpc) is 3.03. The van der Waals surface area contributed by atoms with E-state index in [-0.39, 0.29) is 29.7 Å². The minimum absolute atomic E-state index is 0.0977. The third kappa shape index (κ3) is 4.20. The van der Waals surface area contributed by atoms with Crippen molar-refractivity contribution in [2.45, 2.75) is 6.54 Å². The summed E-state index contributed by atoms with van der Waals surface area (Å²) >= 11 is 0. The molecule has 5 nitrogen and oxygen atoms in total. The molecule has 0 saturated heterocycles. The second-order valence-corrected chi connectivity index (χ2v) is 6.88. The van der Waals surface area contributed by atoms with Gasteiger partial charge in [0.1, 0.15) is 5.75 Å². The first-order valence-corrected chi connectivity index (χ1v) is 9.55. The summed E-state index contributed by atoms with van der Waals surface area (Å²) in [5.41, 5.74) is 2.76. The summed E-state index contributed by atoms with van der Waals surface area (Å²) in [5.74, 6) is -0.207. The van der Waals surface area contributed by atoms with Crippen LogP contribution >= 0.6 is 0 Å². The van der Waals surface area contributed by atoms with Gasteiger partial charge < -0.3 is 10.1 Å². The molecule has 1 amide bonds. The maximum atomic E-state index is 12.5. The quantitative estimate of drug-likeness (QED) is 0.507. The number of ether oxygens (including phenoxy) is 1. The Balaban J connectivity index is 1.34. The Kier molecular flexibility index (Phi) is 5.52. The third-order valence-electron chi connectivity index (χ3n) is 4.80. The molecule has 0 heterocycles. The molecule has 0 unspecified atom stereocenters. The van der Waals surface area contributed by atoms with Crippen molar-refractivity contribution < 1.29 is 19.1 Å². The molecule has 4 rings (SSSR count). The van der Waals surface area contributed by atoms with Crippen LogP contribution in [0.2, 0.25) is 0 Å². The van der Waals surface area contributed by atoms with Crippen LogP contribution in [0.25, 0.3) is 6.08 Å². The fraction of sp³-hybridized carbons (Fsp3) is 0.0800. The predicted octanol–water partition coefficient (Wildman–Crippen LogP) is 3.84. The van der Waals surface area contributed by atoms with Crippen LogP contribution in [-0.2, 0) is 11.3 Å². The molecule has 0 atom stereocenters. The first-order valence-electron chi connectivity index (χ1n) is 9.55. The molecule has 0 bridgehead atoms. The monoisotopic (exact) mass is 397 g/mol. The van der Waals surface area contributed by atoms with Crippen LogP contribution in [0, 0.1) is 0 Å². The third-order valence-corrected chi connectivity index (χ3v) is 4.80. The molecule has 1 aliphatic carbocycles. The number of hydrogen-bond donors (Lipinski definition) is 1. The van der Waals surface area contributed by atoms with Gasteiger partial charge in [-0.1, -0.05) is 66.7 Å². The Hall–Kier alpha value is -3.99. The number of nitrogens with one attached hydrogen (secondary N) is 1. The van der Waals surface area contributed by atoms with Crippen LogP contribution in [-0.4, -0.2) is 24.1 Å². The molecule has 0 radical (unpaired) electrons. The molecule has 0 aliphatic heterocycles. The van der Waals surface area contributed by atoms with E-state index in [1.165, 1.54) is 0 Å². The number of hydrogen-bond acceptors (Lipinski definition) is 4. The highest BCUT2D eigenvalue weighted by Gasteiger charge is 2.32. The number of carbonyl (C=O) groups excluding carboxylic acids is 3. The molecule has 0 fully saturated rings. The Morgan fingerprint density at radius 3 is 2.03 bits per heavy atom. The zero-order chi connectivity index (χ0) is 20.9. The van der Waals surface area contributed by atoms with Crippen molar-refractivity contribution in [3.05, 3.63) is 107 Å². The van der Waals surface area contributed by atoms with E-state index < -0.39 is 0 Å². The smallest absolute Gasteiger partial charge is 0.258 e. The minimum atomic E-state index is -0.258. The van der Waals surface area contributed by atoms with Crippen LogP contribution < -0.4 is 10.1 Å². The van der Waals surface area contributed by atoms with Gasteiger partial charge in [-0.2, -0.15) is 0 Å². The first-order chi connectivity index (χ1) is 14.6. The number of rotatable bonds is 6. The number of ketones is 2. The summed E-state index contributed by atoms with van der Waals surface area (Å²) in [6, 6.07) is 23.3. The summed E-state index contributed by atoms with van der Waals surface area (Å²) in [5, 5.41) is 2.80. The number of benzene rings is 3. The number of allylic oxidation sites excluding steroid dienone is 1. The van der Waals surface area contributed by atoms with Crippen molar-refractivity contribution in [2.75, 3.05) is 6.61 Å². The largest absolute Gasteiger partial charge is 0.484 e. The Bertz CT molecular complexity index is 1090. The van der Waals surface area contributed by atoms with Crippen molar-refractivity contribution in [1.82, 2.24) is 5.32 Å². The van der Waals surface area contributed by atoms with Gasteiger partial charge in [0.25, 0.3) is 5.91 Å². The van der Waals surface area contributed by atoms with Gasteiger partial charge in [-0.25, -0.2) is 0 Å². The van der Waals surface area contributed by atoms with Crippen molar-refractivity contribution >= 4 is 23.5 Å². The second kappa shape index (κ2) is 8.57. The van der Waals surface area contributed by atoms with Crippen molar-refractivity contribution in [2.24, 2.45) is 0 Å². The van der Waals surface area contributed by atoms with Crippen molar-refractivity contribution in [3.63, 3.8) is 0 Å². The van der Waals surface area contributed by atoms with Crippen molar-refractivity contribution in [1.29, 1.82) is 0 Å². The van der Waals surface area contributed by atoms with E-state index in [0.29, 0.717) is 29.0 Å². The van der Waals surface area contributed by atoms with Gasteiger partial charge in [0, 0.05) is 17.7 Å². The lowest BCUT2D eigenvalue weighted by Gasteiger charge is -2.08. The first kappa shape index (κ1) is 19.3. The fourth-order valence-electron chi connectivity index (χ4n) is 3.23. The van der Waals surface area contributed by atoms with Gasteiger partial charge in [-0.3, -0.25) is 14.4 Å². The Morgan fingerprint density at radius 2 is 1.40 bits per heavy atom. The summed E-state index contributed by atoms with van der Waals surface area (Å²) in [6.07, 6.45) is 1.58.